The van der Waals surface area contributed by atoms with Crippen molar-refractivity contribution >= 4 is 0 Å². The average molecular weight is 370 g/mol. The summed E-state index contributed by atoms with van der Waals surface area (Å²) in [6.07, 6.45) is 0.683. The first kappa shape index (κ1) is 19.8. The van der Waals surface area contributed by atoms with Gasteiger partial charge in [0.15, 0.2) is 0 Å². The first-order valence-corrected chi connectivity index (χ1v) is 9.63. The van der Waals surface area contributed by atoms with Crippen LogP contribution in [0.2, 0.25) is 0 Å². The van der Waals surface area contributed by atoms with Crippen molar-refractivity contribution in [3.05, 3.63) is 65.2 Å². The van der Waals surface area contributed by atoms with Gasteiger partial charge in [0.25, 0.3) is 0 Å². The van der Waals surface area contributed by atoms with Crippen molar-refractivity contribution in [2.45, 2.75) is 25.6 Å². The molecule has 2 aromatic rings. The molecule has 0 bridgehead atoms. The van der Waals surface area contributed by atoms with Crippen LogP contribution in [0.1, 0.15) is 16.7 Å². The molecule has 0 saturated heterocycles. The first-order chi connectivity index (χ1) is 13.2. The molecule has 0 saturated carbocycles. The SMILES string of the molecule is COCCOc1cccc(CNCC(O)CN2CCc3ccccc3C2)c1. The summed E-state index contributed by atoms with van der Waals surface area (Å²) in [4.78, 5) is 2.33. The number of nitrogens with zero attached hydrogens (tertiary/aromatic N) is 1. The lowest BCUT2D eigenvalue weighted by Gasteiger charge is -2.30. The van der Waals surface area contributed by atoms with E-state index in [-0.39, 0.29) is 6.10 Å². The summed E-state index contributed by atoms with van der Waals surface area (Å²) < 4.78 is 10.6. The average Bonchev–Trinajstić information content (AvgIpc) is 2.68. The maximum Gasteiger partial charge on any atom is 0.119 e. The molecule has 0 aromatic heterocycles. The second-order valence-corrected chi connectivity index (χ2v) is 7.03. The van der Waals surface area contributed by atoms with Crippen LogP contribution in [0, 0.1) is 0 Å². The van der Waals surface area contributed by atoms with Gasteiger partial charge in [-0.1, -0.05) is 36.4 Å². The highest BCUT2D eigenvalue weighted by Gasteiger charge is 2.18. The monoisotopic (exact) mass is 370 g/mol. The molecule has 5 nitrogen and oxygen atoms in total. The Bertz CT molecular complexity index is 707. The Labute approximate surface area is 161 Å². The largest absolute Gasteiger partial charge is 0.491 e. The zero-order valence-corrected chi connectivity index (χ0v) is 16.1. The molecule has 2 aromatic carbocycles. The number of fused-ring (bicyclic) bond motifs is 1. The highest BCUT2D eigenvalue weighted by molar-refractivity contribution is 5.29. The smallest absolute Gasteiger partial charge is 0.119 e. The van der Waals surface area contributed by atoms with Crippen molar-refractivity contribution in [2.24, 2.45) is 0 Å². The highest BCUT2D eigenvalue weighted by Crippen LogP contribution is 2.18. The quantitative estimate of drug-likeness (QED) is 0.628. The molecule has 1 atom stereocenters. The molecular formula is C22H30N2O3. The number of benzene rings is 2. The normalized spacial score (nSPS) is 15.3. The van der Waals surface area contributed by atoms with Crippen molar-refractivity contribution in [3.63, 3.8) is 0 Å². The number of methoxy groups -OCH3 is 1. The third-order valence-electron chi connectivity index (χ3n) is 4.84. The molecule has 1 heterocycles. The van der Waals surface area contributed by atoms with E-state index in [1.54, 1.807) is 7.11 Å². The molecular weight excluding hydrogens is 340 g/mol. The number of β-amino-alcohol motifs (C(OH)–C–C–N with tert-alkyl or cyclic N) is 1. The van der Waals surface area contributed by atoms with Crippen LogP contribution < -0.4 is 10.1 Å². The standard InChI is InChI=1S/C22H30N2O3/c1-26-11-12-27-22-8-4-5-18(13-22)14-23-15-21(25)17-24-10-9-19-6-2-3-7-20(19)16-24/h2-8,13,21,23,25H,9-12,14-17H2,1H3. The van der Waals surface area contributed by atoms with E-state index in [0.717, 1.165) is 30.8 Å². The van der Waals surface area contributed by atoms with Gasteiger partial charge in [0.1, 0.15) is 12.4 Å². The van der Waals surface area contributed by atoms with Crippen LogP contribution in [-0.4, -0.2) is 56.1 Å². The van der Waals surface area contributed by atoms with Crippen LogP contribution in [0.25, 0.3) is 0 Å². The van der Waals surface area contributed by atoms with Gasteiger partial charge in [-0.25, -0.2) is 0 Å². The van der Waals surface area contributed by atoms with E-state index in [4.69, 9.17) is 9.47 Å². The molecule has 0 aliphatic carbocycles. The van der Waals surface area contributed by atoms with Gasteiger partial charge in [0.05, 0.1) is 12.7 Å². The Balaban J connectivity index is 1.38. The van der Waals surface area contributed by atoms with Gasteiger partial charge in [-0.2, -0.15) is 0 Å². The summed E-state index contributed by atoms with van der Waals surface area (Å²) in [6.45, 7) is 5.04. The summed E-state index contributed by atoms with van der Waals surface area (Å²) in [5, 5.41) is 13.7. The number of hydrogen-bond acceptors (Lipinski definition) is 5. The molecule has 27 heavy (non-hydrogen) atoms. The van der Waals surface area contributed by atoms with Crippen molar-refractivity contribution in [3.8, 4) is 5.75 Å². The Kier molecular flexibility index (Phi) is 7.66. The van der Waals surface area contributed by atoms with Crippen LogP contribution in [0.15, 0.2) is 48.5 Å². The maximum atomic E-state index is 10.4. The van der Waals surface area contributed by atoms with Crippen LogP contribution in [0.4, 0.5) is 0 Å². The fourth-order valence-corrected chi connectivity index (χ4v) is 3.44. The summed E-state index contributed by atoms with van der Waals surface area (Å²) in [6, 6.07) is 16.6. The Morgan fingerprint density at radius 3 is 2.81 bits per heavy atom. The van der Waals surface area contributed by atoms with Gasteiger partial charge in [-0.15, -0.1) is 0 Å². The van der Waals surface area contributed by atoms with E-state index in [0.29, 0.717) is 32.8 Å². The van der Waals surface area contributed by atoms with Gasteiger partial charge in [-0.05, 0) is 35.2 Å². The van der Waals surface area contributed by atoms with E-state index < -0.39 is 0 Å². The molecule has 2 N–H and O–H groups in total. The zero-order valence-electron chi connectivity index (χ0n) is 16.1. The number of hydrogen-bond donors (Lipinski definition) is 2. The summed E-state index contributed by atoms with van der Waals surface area (Å²) in [7, 11) is 1.66. The van der Waals surface area contributed by atoms with Crippen LogP contribution in [0.3, 0.4) is 0 Å². The number of aliphatic hydroxyl groups is 1. The van der Waals surface area contributed by atoms with Gasteiger partial charge in [-0.3, -0.25) is 4.90 Å². The number of ether oxygens (including phenoxy) is 2. The van der Waals surface area contributed by atoms with Gasteiger partial charge in [0.2, 0.25) is 0 Å². The first-order valence-electron chi connectivity index (χ1n) is 9.63. The van der Waals surface area contributed by atoms with Crippen LogP contribution in [0.5, 0.6) is 5.75 Å². The fraction of sp³-hybridized carbons (Fsp3) is 0.455. The van der Waals surface area contributed by atoms with E-state index >= 15 is 0 Å². The fourth-order valence-electron chi connectivity index (χ4n) is 3.44. The molecule has 146 valence electrons. The third-order valence-corrected chi connectivity index (χ3v) is 4.84. The molecule has 1 unspecified atom stereocenters. The second-order valence-electron chi connectivity index (χ2n) is 7.03. The molecule has 1 aliphatic rings. The van der Waals surface area contributed by atoms with Gasteiger partial charge >= 0.3 is 0 Å². The lowest BCUT2D eigenvalue weighted by Crippen LogP contribution is -2.40. The van der Waals surface area contributed by atoms with Gasteiger partial charge < -0.3 is 19.9 Å². The zero-order chi connectivity index (χ0) is 18.9. The molecule has 0 radical (unpaired) electrons. The summed E-state index contributed by atoms with van der Waals surface area (Å²) in [5.74, 6) is 0.846. The Morgan fingerprint density at radius 2 is 1.96 bits per heavy atom. The predicted molar refractivity (Wildman–Crippen MR) is 107 cm³/mol. The van der Waals surface area contributed by atoms with Crippen molar-refractivity contribution in [2.75, 3.05) is 40.0 Å². The Hall–Kier alpha value is -1.92. The van der Waals surface area contributed by atoms with E-state index in [1.165, 1.54) is 11.1 Å². The third kappa shape index (κ3) is 6.33. The molecule has 0 spiro atoms. The molecule has 0 fully saturated rings. The van der Waals surface area contributed by atoms with E-state index in [9.17, 15) is 5.11 Å². The maximum absolute atomic E-state index is 10.4. The minimum absolute atomic E-state index is 0.378. The van der Waals surface area contributed by atoms with Gasteiger partial charge in [0, 0.05) is 39.8 Å². The minimum Gasteiger partial charge on any atom is -0.491 e. The van der Waals surface area contributed by atoms with Crippen LogP contribution >= 0.6 is 0 Å². The summed E-state index contributed by atoms with van der Waals surface area (Å²) >= 11 is 0. The topological polar surface area (TPSA) is 54.0 Å². The number of nitrogens with one attached hydrogen (secondary N) is 1. The van der Waals surface area contributed by atoms with Crippen LogP contribution in [-0.2, 0) is 24.2 Å². The lowest BCUT2D eigenvalue weighted by atomic mass is 10.00. The van der Waals surface area contributed by atoms with Crippen molar-refractivity contribution < 1.29 is 14.6 Å². The second kappa shape index (κ2) is 10.4. The summed E-state index contributed by atoms with van der Waals surface area (Å²) in [5.41, 5.74) is 3.96. The molecule has 0 amide bonds. The van der Waals surface area contributed by atoms with E-state index in [2.05, 4.69) is 40.5 Å². The van der Waals surface area contributed by atoms with Crippen molar-refractivity contribution in [1.29, 1.82) is 0 Å². The lowest BCUT2D eigenvalue weighted by molar-refractivity contribution is 0.104. The number of aliphatic hydroxyl groups excluding tert-OH is 1. The predicted octanol–water partition coefficient (Wildman–Crippen LogP) is 2.22. The van der Waals surface area contributed by atoms with E-state index in [1.807, 2.05) is 18.2 Å². The Morgan fingerprint density at radius 1 is 1.11 bits per heavy atom. The molecule has 1 aliphatic heterocycles. The highest BCUT2D eigenvalue weighted by atomic mass is 16.5. The molecule has 3 rings (SSSR count). The minimum atomic E-state index is -0.378. The molecule has 5 heteroatoms. The number of rotatable bonds is 10. The van der Waals surface area contributed by atoms with Crippen molar-refractivity contribution in [1.82, 2.24) is 10.2 Å².